The molecule has 0 aliphatic carbocycles. The van der Waals surface area contributed by atoms with E-state index >= 15 is 0 Å². The summed E-state index contributed by atoms with van der Waals surface area (Å²) in [6.07, 6.45) is -10.9. The Kier molecular flexibility index (Phi) is 8.84. The van der Waals surface area contributed by atoms with Crippen molar-refractivity contribution in [1.82, 2.24) is 9.88 Å². The van der Waals surface area contributed by atoms with Crippen molar-refractivity contribution in [1.29, 1.82) is 0 Å². The van der Waals surface area contributed by atoms with Crippen LogP contribution in [0.5, 0.6) is 0 Å². The van der Waals surface area contributed by atoms with Crippen LogP contribution in [0.15, 0.2) is 34.9 Å². The molecule has 38 heavy (non-hydrogen) atoms. The Labute approximate surface area is 222 Å². The van der Waals surface area contributed by atoms with Crippen molar-refractivity contribution in [3.63, 3.8) is 0 Å². The van der Waals surface area contributed by atoms with Crippen molar-refractivity contribution in [3.05, 3.63) is 57.3 Å². The molecule has 0 radical (unpaired) electrons. The summed E-state index contributed by atoms with van der Waals surface area (Å²) in [4.78, 5) is 35.8. The zero-order valence-electron chi connectivity index (χ0n) is 20.5. The number of ether oxygens (including phenoxy) is 1. The van der Waals surface area contributed by atoms with Crippen LogP contribution in [0.4, 0.5) is 36.8 Å². The SMILES string of the molecule is CC(=O)N(Cc1cc(C(F)(F)F)cc(C(F)(F)F)c1)C1CCCN(OC(=O)OC(C)C)c2ccc(Br)nc21. The van der Waals surface area contributed by atoms with Crippen LogP contribution in [0.25, 0.3) is 0 Å². The highest BCUT2D eigenvalue weighted by Crippen LogP contribution is 2.40. The fourth-order valence-electron chi connectivity index (χ4n) is 4.03. The van der Waals surface area contributed by atoms with Crippen molar-refractivity contribution in [2.24, 2.45) is 0 Å². The third kappa shape index (κ3) is 7.29. The highest BCUT2D eigenvalue weighted by molar-refractivity contribution is 9.10. The van der Waals surface area contributed by atoms with Gasteiger partial charge in [-0.3, -0.25) is 4.79 Å². The highest BCUT2D eigenvalue weighted by Gasteiger charge is 2.38. The van der Waals surface area contributed by atoms with E-state index in [4.69, 9.17) is 9.57 Å². The molecule has 1 unspecified atom stereocenters. The lowest BCUT2D eigenvalue weighted by Crippen LogP contribution is -2.34. The van der Waals surface area contributed by atoms with Crippen molar-refractivity contribution in [2.45, 2.75) is 64.7 Å². The Balaban J connectivity index is 2.04. The number of benzene rings is 1. The van der Waals surface area contributed by atoms with Crippen LogP contribution < -0.4 is 5.06 Å². The van der Waals surface area contributed by atoms with Gasteiger partial charge in [0.25, 0.3) is 0 Å². The maximum atomic E-state index is 13.4. The van der Waals surface area contributed by atoms with Crippen LogP contribution in [0, 0.1) is 0 Å². The van der Waals surface area contributed by atoms with E-state index in [2.05, 4.69) is 20.9 Å². The fourth-order valence-corrected chi connectivity index (χ4v) is 4.36. The van der Waals surface area contributed by atoms with Gasteiger partial charge in [0, 0.05) is 13.5 Å². The predicted molar refractivity (Wildman–Crippen MR) is 127 cm³/mol. The van der Waals surface area contributed by atoms with Crippen LogP contribution in [-0.4, -0.2) is 34.6 Å². The van der Waals surface area contributed by atoms with Crippen LogP contribution in [0.2, 0.25) is 0 Å². The number of carbonyl (C=O) groups excluding carboxylic acids is 2. The molecule has 7 nitrogen and oxygen atoms in total. The maximum absolute atomic E-state index is 13.4. The Bertz CT molecular complexity index is 1160. The second kappa shape index (κ2) is 11.4. The number of anilines is 1. The van der Waals surface area contributed by atoms with Crippen molar-refractivity contribution in [2.75, 3.05) is 11.6 Å². The first kappa shape index (κ1) is 29.5. The molecule has 0 saturated heterocycles. The number of aromatic nitrogens is 1. The molecule has 0 bridgehead atoms. The van der Waals surface area contributed by atoms with E-state index in [9.17, 15) is 35.9 Å². The van der Waals surface area contributed by atoms with Gasteiger partial charge in [0.2, 0.25) is 5.91 Å². The molecular weight excluding hydrogens is 588 g/mol. The normalized spacial score (nSPS) is 16.1. The number of hydrogen-bond donors (Lipinski definition) is 0. The minimum absolute atomic E-state index is 0.0344. The molecule has 14 heteroatoms. The minimum atomic E-state index is -5.03. The number of nitrogens with zero attached hydrogens (tertiary/aromatic N) is 3. The van der Waals surface area contributed by atoms with Gasteiger partial charge in [-0.1, -0.05) is 0 Å². The molecule has 0 fully saturated rings. The van der Waals surface area contributed by atoms with Gasteiger partial charge in [0.15, 0.2) is 0 Å². The van der Waals surface area contributed by atoms with Crippen molar-refractivity contribution in [3.8, 4) is 0 Å². The van der Waals surface area contributed by atoms with E-state index in [1.807, 2.05) is 0 Å². The number of alkyl halides is 6. The van der Waals surface area contributed by atoms with Crippen molar-refractivity contribution < 1.29 is 45.5 Å². The second-order valence-electron chi connectivity index (χ2n) is 8.87. The average molecular weight is 612 g/mol. The summed E-state index contributed by atoms with van der Waals surface area (Å²) < 4.78 is 85.7. The van der Waals surface area contributed by atoms with Gasteiger partial charge in [0.1, 0.15) is 4.60 Å². The minimum Gasteiger partial charge on any atom is -0.430 e. The summed E-state index contributed by atoms with van der Waals surface area (Å²) in [6, 6.07) is 3.50. The van der Waals surface area contributed by atoms with Gasteiger partial charge in [-0.25, -0.2) is 14.8 Å². The lowest BCUT2D eigenvalue weighted by molar-refractivity contribution is -0.143. The van der Waals surface area contributed by atoms with E-state index in [1.165, 1.54) is 5.06 Å². The number of pyridine rings is 1. The molecule has 1 aliphatic rings. The monoisotopic (exact) mass is 611 g/mol. The van der Waals surface area contributed by atoms with Gasteiger partial charge >= 0.3 is 18.5 Å². The number of rotatable bonds is 5. The average Bonchev–Trinajstić information content (AvgIpc) is 2.94. The lowest BCUT2D eigenvalue weighted by atomic mass is 10.0. The number of hydroxylamine groups is 1. The third-order valence-corrected chi connectivity index (χ3v) is 6.03. The van der Waals surface area contributed by atoms with Gasteiger partial charge in [-0.2, -0.15) is 26.3 Å². The maximum Gasteiger partial charge on any atom is 0.533 e. The molecule has 3 rings (SSSR count). The van der Waals surface area contributed by atoms with E-state index in [1.54, 1.807) is 26.0 Å². The lowest BCUT2D eigenvalue weighted by Gasteiger charge is -2.31. The first-order chi connectivity index (χ1) is 17.6. The van der Waals surface area contributed by atoms with Gasteiger partial charge in [-0.15, -0.1) is 0 Å². The Morgan fingerprint density at radius 2 is 1.71 bits per heavy atom. The van der Waals surface area contributed by atoms with E-state index in [0.29, 0.717) is 28.8 Å². The molecule has 1 amide bonds. The standard InChI is InChI=1S/C24H24BrF6N3O4/c1-13(2)37-22(36)38-34-8-4-5-18(21-19(34)6-7-20(25)32-21)33(14(3)35)12-15-9-16(23(26,27)28)11-17(10-15)24(29,30)31/h6-7,9-11,13,18H,4-5,8,12H2,1-3H3. The number of carbonyl (C=O) groups is 2. The third-order valence-electron chi connectivity index (χ3n) is 5.59. The molecule has 1 aliphatic heterocycles. The summed E-state index contributed by atoms with van der Waals surface area (Å²) in [5, 5.41) is 1.24. The number of halogens is 7. The quantitative estimate of drug-likeness (QED) is 0.205. The summed E-state index contributed by atoms with van der Waals surface area (Å²) in [6.45, 7) is 4.06. The zero-order chi connectivity index (χ0) is 28.4. The number of fused-ring (bicyclic) bond motifs is 1. The number of amides is 1. The first-order valence-corrected chi connectivity index (χ1v) is 12.2. The van der Waals surface area contributed by atoms with Crippen molar-refractivity contribution >= 4 is 33.7 Å². The Morgan fingerprint density at radius 3 is 2.24 bits per heavy atom. The molecule has 0 spiro atoms. The molecule has 2 aromatic rings. The summed E-state index contributed by atoms with van der Waals surface area (Å²) >= 11 is 3.25. The summed E-state index contributed by atoms with van der Waals surface area (Å²) in [7, 11) is 0. The molecule has 0 saturated carbocycles. The van der Waals surface area contributed by atoms with Crippen LogP contribution >= 0.6 is 15.9 Å². The largest absolute Gasteiger partial charge is 0.533 e. The Hall–Kier alpha value is -3.03. The first-order valence-electron chi connectivity index (χ1n) is 11.4. The zero-order valence-corrected chi connectivity index (χ0v) is 22.1. The molecular formula is C24H24BrF6N3O4. The van der Waals surface area contributed by atoms with E-state index < -0.39 is 54.2 Å². The molecule has 1 aromatic heterocycles. The van der Waals surface area contributed by atoms with Gasteiger partial charge in [-0.05, 0) is 78.5 Å². The number of hydrogen-bond acceptors (Lipinski definition) is 6. The highest BCUT2D eigenvalue weighted by atomic mass is 79.9. The summed E-state index contributed by atoms with van der Waals surface area (Å²) in [5.41, 5.74) is -2.76. The molecule has 1 aromatic carbocycles. The van der Waals surface area contributed by atoms with Gasteiger partial charge in [0.05, 0.1) is 41.2 Å². The van der Waals surface area contributed by atoms with Gasteiger partial charge < -0.3 is 14.5 Å². The van der Waals surface area contributed by atoms with Crippen LogP contribution in [0.1, 0.15) is 62.0 Å². The second-order valence-corrected chi connectivity index (χ2v) is 9.68. The molecule has 2 heterocycles. The fraction of sp³-hybridized carbons (Fsp3) is 0.458. The topological polar surface area (TPSA) is 72.0 Å². The Morgan fingerprint density at radius 1 is 1.11 bits per heavy atom. The summed E-state index contributed by atoms with van der Waals surface area (Å²) in [5.74, 6) is -0.595. The predicted octanol–water partition coefficient (Wildman–Crippen LogP) is 7.05. The van der Waals surface area contributed by atoms with E-state index in [0.717, 1.165) is 11.8 Å². The van der Waals surface area contributed by atoms with Crippen LogP contribution in [0.3, 0.4) is 0 Å². The van der Waals surface area contributed by atoms with Crippen LogP contribution in [-0.2, 0) is 33.3 Å². The van der Waals surface area contributed by atoms with E-state index in [-0.39, 0.29) is 30.3 Å². The molecule has 208 valence electrons. The molecule has 0 N–H and O–H groups in total. The smallest absolute Gasteiger partial charge is 0.430 e. The molecule has 1 atom stereocenters.